The number of carbonyl (C=O) groups excluding carboxylic acids is 2. The second-order valence-electron chi connectivity index (χ2n) is 6.20. The molecule has 9 nitrogen and oxygen atoms in total. The van der Waals surface area contributed by atoms with Gasteiger partial charge in [0.1, 0.15) is 11.5 Å². The third kappa shape index (κ3) is 4.18. The maximum Gasteiger partial charge on any atom is 0.310 e. The van der Waals surface area contributed by atoms with Crippen LogP contribution in [0.4, 0.5) is 5.69 Å². The average molecular weight is 395 g/mol. The Balaban J connectivity index is 1.32. The number of nitrogens with one attached hydrogen (secondary N) is 1. The second-order valence-corrected chi connectivity index (χ2v) is 6.20. The van der Waals surface area contributed by atoms with Gasteiger partial charge in [0.05, 0.1) is 19.2 Å². The van der Waals surface area contributed by atoms with Crippen LogP contribution < -0.4 is 14.8 Å². The number of fused-ring (bicyclic) bond motifs is 1. The van der Waals surface area contributed by atoms with Crippen LogP contribution >= 0.6 is 0 Å². The van der Waals surface area contributed by atoms with E-state index in [9.17, 15) is 9.59 Å². The molecule has 1 aliphatic rings. The number of amides is 1. The van der Waals surface area contributed by atoms with Crippen LogP contribution in [0, 0.1) is 0 Å². The normalized spacial score (nSPS) is 15.1. The van der Waals surface area contributed by atoms with Crippen molar-refractivity contribution in [2.75, 3.05) is 12.4 Å². The molecule has 1 N–H and O–H groups in total. The van der Waals surface area contributed by atoms with Gasteiger partial charge >= 0.3 is 5.97 Å². The smallest absolute Gasteiger partial charge is 0.310 e. The Hall–Kier alpha value is -3.88. The minimum absolute atomic E-state index is 0.142. The summed E-state index contributed by atoms with van der Waals surface area (Å²) in [7, 11) is 1.58. The largest absolute Gasteiger partial charge is 0.497 e. The number of ether oxygens (including phenoxy) is 3. The number of nitrogens with zero attached hydrogens (tertiary/aromatic N) is 2. The van der Waals surface area contributed by atoms with Gasteiger partial charge in [-0.05, 0) is 36.4 Å². The summed E-state index contributed by atoms with van der Waals surface area (Å²) in [6.45, 7) is -0.201. The number of para-hydroxylation sites is 2. The fraction of sp³-hybridized carbons (Fsp3) is 0.200. The predicted molar refractivity (Wildman–Crippen MR) is 100 cm³/mol. The van der Waals surface area contributed by atoms with E-state index in [1.807, 2.05) is 0 Å². The maximum absolute atomic E-state index is 12.1. The molecular formula is C20H17N3O6. The standard InChI is InChI=1S/C20H17N3O6/c1-26-13-8-6-12(7-9-13)19-22-17(29-23-19)11-27-18(24)10-16-20(25)21-14-4-2-3-5-15(14)28-16/h2-9,16H,10-11H2,1H3,(H,21,25). The molecule has 4 rings (SSSR count). The molecule has 3 aromatic rings. The molecule has 0 radical (unpaired) electrons. The van der Waals surface area contributed by atoms with Gasteiger partial charge in [-0.15, -0.1) is 0 Å². The zero-order valence-corrected chi connectivity index (χ0v) is 15.5. The molecule has 1 atom stereocenters. The van der Waals surface area contributed by atoms with Crippen LogP contribution in [0.15, 0.2) is 53.1 Å². The highest BCUT2D eigenvalue weighted by atomic mass is 16.6. The van der Waals surface area contributed by atoms with Crippen LogP contribution in [0.1, 0.15) is 12.3 Å². The van der Waals surface area contributed by atoms with Gasteiger partial charge < -0.3 is 24.1 Å². The van der Waals surface area contributed by atoms with E-state index in [1.54, 1.807) is 55.6 Å². The van der Waals surface area contributed by atoms with E-state index >= 15 is 0 Å². The molecule has 1 unspecified atom stereocenters. The summed E-state index contributed by atoms with van der Waals surface area (Å²) in [5.74, 6) is 0.705. The van der Waals surface area contributed by atoms with Crippen molar-refractivity contribution in [1.82, 2.24) is 10.1 Å². The van der Waals surface area contributed by atoms with Crippen molar-refractivity contribution in [3.05, 3.63) is 54.4 Å². The molecule has 1 aliphatic heterocycles. The predicted octanol–water partition coefficient (Wildman–Crippen LogP) is 2.58. The Labute approximate surface area is 165 Å². The molecule has 0 saturated heterocycles. The van der Waals surface area contributed by atoms with Crippen molar-refractivity contribution < 1.29 is 28.3 Å². The average Bonchev–Trinajstić information content (AvgIpc) is 3.22. The SMILES string of the molecule is COc1ccc(-c2noc(COC(=O)CC3Oc4ccccc4NC3=O)n2)cc1. The van der Waals surface area contributed by atoms with E-state index in [0.29, 0.717) is 23.0 Å². The van der Waals surface area contributed by atoms with Gasteiger partial charge in [0.25, 0.3) is 11.8 Å². The molecule has 148 valence electrons. The van der Waals surface area contributed by atoms with E-state index in [-0.39, 0.29) is 18.9 Å². The Morgan fingerprint density at radius 3 is 2.76 bits per heavy atom. The van der Waals surface area contributed by atoms with Gasteiger partial charge in [-0.25, -0.2) is 0 Å². The number of anilines is 1. The molecule has 0 aliphatic carbocycles. The molecule has 0 spiro atoms. The minimum atomic E-state index is -0.963. The van der Waals surface area contributed by atoms with Gasteiger partial charge in [0, 0.05) is 5.56 Å². The molecule has 2 heterocycles. The van der Waals surface area contributed by atoms with Crippen molar-refractivity contribution in [2.45, 2.75) is 19.1 Å². The molecule has 9 heteroatoms. The first-order valence-electron chi connectivity index (χ1n) is 8.81. The van der Waals surface area contributed by atoms with Gasteiger partial charge in [0.15, 0.2) is 12.7 Å². The molecule has 29 heavy (non-hydrogen) atoms. The fourth-order valence-electron chi connectivity index (χ4n) is 2.75. The Morgan fingerprint density at radius 1 is 1.17 bits per heavy atom. The van der Waals surface area contributed by atoms with Crippen molar-refractivity contribution in [1.29, 1.82) is 0 Å². The highest BCUT2D eigenvalue weighted by Gasteiger charge is 2.30. The second kappa shape index (κ2) is 8.01. The molecule has 0 bridgehead atoms. The summed E-state index contributed by atoms with van der Waals surface area (Å²) < 4.78 is 20.9. The van der Waals surface area contributed by atoms with E-state index in [1.165, 1.54) is 0 Å². The van der Waals surface area contributed by atoms with Gasteiger partial charge in [-0.3, -0.25) is 9.59 Å². The van der Waals surface area contributed by atoms with Crippen LogP contribution in [0.5, 0.6) is 11.5 Å². The lowest BCUT2D eigenvalue weighted by Crippen LogP contribution is -2.38. The highest BCUT2D eigenvalue weighted by molar-refractivity contribution is 5.99. The topological polar surface area (TPSA) is 113 Å². The Kier molecular flexibility index (Phi) is 5.10. The van der Waals surface area contributed by atoms with Crippen LogP contribution in [0.3, 0.4) is 0 Å². The summed E-state index contributed by atoms with van der Waals surface area (Å²) in [6.07, 6.45) is -1.20. The third-order valence-corrected chi connectivity index (χ3v) is 4.23. The molecular weight excluding hydrogens is 378 g/mol. The first-order chi connectivity index (χ1) is 14.1. The van der Waals surface area contributed by atoms with E-state index in [0.717, 1.165) is 5.56 Å². The van der Waals surface area contributed by atoms with Gasteiger partial charge in [0.2, 0.25) is 5.82 Å². The highest BCUT2D eigenvalue weighted by Crippen LogP contribution is 2.29. The number of rotatable bonds is 6. The molecule has 1 aromatic heterocycles. The van der Waals surface area contributed by atoms with Crippen molar-refractivity contribution >= 4 is 17.6 Å². The van der Waals surface area contributed by atoms with Crippen LogP contribution in [0.2, 0.25) is 0 Å². The van der Waals surface area contributed by atoms with E-state index in [2.05, 4.69) is 15.5 Å². The summed E-state index contributed by atoms with van der Waals surface area (Å²) in [4.78, 5) is 28.4. The number of methoxy groups -OCH3 is 1. The lowest BCUT2D eigenvalue weighted by atomic mass is 10.1. The Bertz CT molecular complexity index is 1030. The molecule has 0 fully saturated rings. The van der Waals surface area contributed by atoms with Crippen molar-refractivity contribution in [3.8, 4) is 22.9 Å². The van der Waals surface area contributed by atoms with Gasteiger partial charge in [-0.1, -0.05) is 17.3 Å². The monoisotopic (exact) mass is 395 g/mol. The van der Waals surface area contributed by atoms with E-state index < -0.39 is 18.0 Å². The van der Waals surface area contributed by atoms with E-state index in [4.69, 9.17) is 18.7 Å². The lowest BCUT2D eigenvalue weighted by Gasteiger charge is -2.24. The number of esters is 1. The zero-order chi connectivity index (χ0) is 20.2. The summed E-state index contributed by atoms with van der Waals surface area (Å²) in [6, 6.07) is 14.1. The summed E-state index contributed by atoms with van der Waals surface area (Å²) >= 11 is 0. The zero-order valence-electron chi connectivity index (χ0n) is 15.5. The first-order valence-corrected chi connectivity index (χ1v) is 8.81. The van der Waals surface area contributed by atoms with Crippen molar-refractivity contribution in [2.24, 2.45) is 0 Å². The van der Waals surface area contributed by atoms with Crippen LogP contribution in [0.25, 0.3) is 11.4 Å². The summed E-state index contributed by atoms with van der Waals surface area (Å²) in [5, 5.41) is 6.56. The quantitative estimate of drug-likeness (QED) is 0.634. The maximum atomic E-state index is 12.1. The summed E-state index contributed by atoms with van der Waals surface area (Å²) in [5.41, 5.74) is 1.30. The fourth-order valence-corrected chi connectivity index (χ4v) is 2.75. The van der Waals surface area contributed by atoms with Crippen LogP contribution in [-0.2, 0) is 20.9 Å². The minimum Gasteiger partial charge on any atom is -0.497 e. The molecule has 0 saturated carbocycles. The number of aromatic nitrogens is 2. The third-order valence-electron chi connectivity index (χ3n) is 4.23. The first kappa shape index (κ1) is 18.5. The van der Waals surface area contributed by atoms with Crippen LogP contribution in [-0.4, -0.2) is 35.2 Å². The number of hydrogen-bond donors (Lipinski definition) is 1. The molecule has 2 aromatic carbocycles. The number of benzene rings is 2. The lowest BCUT2D eigenvalue weighted by molar-refractivity contribution is -0.149. The van der Waals surface area contributed by atoms with Crippen molar-refractivity contribution in [3.63, 3.8) is 0 Å². The van der Waals surface area contributed by atoms with Gasteiger partial charge in [-0.2, -0.15) is 4.98 Å². The number of hydrogen-bond acceptors (Lipinski definition) is 8. The Morgan fingerprint density at radius 2 is 1.97 bits per heavy atom. The number of carbonyl (C=O) groups is 2. The molecule has 1 amide bonds.